The minimum atomic E-state index is -4.05. The van der Waals surface area contributed by atoms with Gasteiger partial charge in [-0.2, -0.15) is 0 Å². The second-order valence-corrected chi connectivity index (χ2v) is 22.3. The van der Waals surface area contributed by atoms with Gasteiger partial charge in [0.1, 0.15) is 30.1 Å². The highest BCUT2D eigenvalue weighted by atomic mass is 31.2. The summed E-state index contributed by atoms with van der Waals surface area (Å²) in [5, 5.41) is 23.8. The molecular formula is C54H86NO13P. The Labute approximate surface area is 421 Å². The summed E-state index contributed by atoms with van der Waals surface area (Å²) < 4.78 is 97.4. The fourth-order valence-corrected chi connectivity index (χ4v) is 11.2. The summed E-state index contributed by atoms with van der Waals surface area (Å²) in [4.78, 5) is 59.1. The lowest BCUT2D eigenvalue weighted by molar-refractivity contribution is -0.265. The number of fused-ring (bicyclic) bond motifs is 3. The number of ether oxygens (including phenoxy) is 5. The number of carbonyl (C=O) groups is 4. The molecule has 0 aromatic rings. The maximum absolute atomic E-state index is 14.6. The lowest BCUT2D eigenvalue weighted by atomic mass is 9.78. The van der Waals surface area contributed by atoms with Crippen molar-refractivity contribution in [1.29, 1.82) is 0 Å². The van der Waals surface area contributed by atoms with Crippen molar-refractivity contribution in [1.82, 2.24) is 4.90 Å². The third-order valence-electron chi connectivity index (χ3n) is 14.8. The Hall–Kier alpha value is -3.07. The number of carbonyl (C=O) groups excluding carboxylic acids is 4. The molecule has 14 nitrogen and oxygen atoms in total. The lowest BCUT2D eigenvalue weighted by Crippen LogP contribution is -2.61. The van der Waals surface area contributed by atoms with Gasteiger partial charge in [0.05, 0.1) is 24.4 Å². The highest BCUT2D eigenvalue weighted by molar-refractivity contribution is 7.57. The summed E-state index contributed by atoms with van der Waals surface area (Å²) in [5.74, 6) is -10.0. The van der Waals surface area contributed by atoms with E-state index in [1.54, 1.807) is 21.0 Å². The molecule has 0 aromatic carbocycles. The standard InChI is InChI=1S/C54H86NO13P/c1-33-19-15-14-16-20-34(2)46(63-9)31-42-24-22-39(7)54(61,67-42)51(58)52(59)55-26-18-17-21-43(55)53(60)66-47(37(5)29-41-23-25-45(48(30-41)64-10)68-69(12,13)62)32-44(56)36(4)28-38(6)49(57)50(65-11)40(8)35(3)27-33/h14-16,19-20,28,33,35-37,39,41-43,45-50,57,61H,8,17-18,21-27,29-32H2,1-7,9-13H3/b16-14+,19-15+,34-20+,38-28+/t33-,35-,36-,37-,39-,41+,42+,43+,45-,46+,47+,48-,49-,50+,54-/m1/s1/i4D3,12D3/t33-,35-,36-,37-,39-,41+,42+,43+,45-,46+,47+,48-,49-,50+,54-,69?. The van der Waals surface area contributed by atoms with Crippen LogP contribution < -0.4 is 0 Å². The van der Waals surface area contributed by atoms with Gasteiger partial charge >= 0.3 is 5.97 Å². The summed E-state index contributed by atoms with van der Waals surface area (Å²) in [7, 11) is 0.365. The summed E-state index contributed by atoms with van der Waals surface area (Å²) in [5.41, 5.74) is 1.58. The van der Waals surface area contributed by atoms with E-state index in [0.717, 1.165) is 17.1 Å². The van der Waals surface area contributed by atoms with Crippen LogP contribution in [0.1, 0.15) is 134 Å². The van der Waals surface area contributed by atoms with Crippen LogP contribution in [0.4, 0.5) is 0 Å². The molecular weight excluding hydrogens is 902 g/mol. The molecule has 1 saturated carbocycles. The average molecular weight is 994 g/mol. The second-order valence-electron chi connectivity index (χ2n) is 20.4. The van der Waals surface area contributed by atoms with Crippen molar-refractivity contribution in [3.63, 3.8) is 0 Å². The van der Waals surface area contributed by atoms with E-state index in [9.17, 15) is 34.0 Å². The first kappa shape index (κ1) is 49.5. The van der Waals surface area contributed by atoms with Crippen LogP contribution in [0.5, 0.6) is 0 Å². The smallest absolute Gasteiger partial charge is 0.329 e. The van der Waals surface area contributed by atoms with Crippen molar-refractivity contribution >= 4 is 30.8 Å². The first-order valence-electron chi connectivity index (χ1n) is 27.8. The Morgan fingerprint density at radius 3 is 2.35 bits per heavy atom. The Bertz CT molecular complexity index is 2160. The Kier molecular flexibility index (Phi) is 19.1. The molecule has 4 aliphatic rings. The SMILES string of the molecule is [2H]C([2H])([2H])[C@@H]1/C=C(\C)[C@@H](O)[C@@H](OC)C(=C)[C@H](C)C[C@H](C)/C=C/C=C/C=C(\C)[C@@H](OC)C[C@@H]2CC[C@@H](C)[C@@](O)(O2)C(=O)C(=O)N2CCCC[C@H]2C(=O)O[C@H]([C@H](C)C[C@@H]2CC[C@@H](OP(C)(=O)C([2H])([2H])[2H])[C@H](OC)C2)CC1=O. The molecule has 2 bridgehead atoms. The van der Waals surface area contributed by atoms with Gasteiger partial charge in [-0.3, -0.25) is 18.9 Å². The summed E-state index contributed by atoms with van der Waals surface area (Å²) in [6, 6.07) is -1.31. The number of hydrogen-bond donors (Lipinski definition) is 2. The number of amides is 1. The number of aliphatic hydroxyl groups excluding tert-OH is 1. The van der Waals surface area contributed by atoms with Crippen LogP contribution in [0, 0.1) is 35.5 Å². The maximum atomic E-state index is 14.6. The second kappa shape index (κ2) is 26.6. The molecule has 15 heteroatoms. The van der Waals surface area contributed by atoms with Gasteiger partial charge in [0.25, 0.3) is 11.7 Å². The van der Waals surface area contributed by atoms with E-state index in [-0.39, 0.29) is 49.1 Å². The predicted molar refractivity (Wildman–Crippen MR) is 268 cm³/mol. The predicted octanol–water partition coefficient (Wildman–Crippen LogP) is 8.73. The molecule has 69 heavy (non-hydrogen) atoms. The molecule has 390 valence electrons. The average Bonchev–Trinajstić information content (AvgIpc) is 3.34. The number of aliphatic hydroxyl groups is 2. The minimum absolute atomic E-state index is 0.0217. The molecule has 3 aliphatic heterocycles. The number of cyclic esters (lactones) is 1. The molecule has 2 saturated heterocycles. The molecule has 0 aromatic heterocycles. The van der Waals surface area contributed by atoms with Gasteiger partial charge in [-0.05, 0) is 118 Å². The van der Waals surface area contributed by atoms with Gasteiger partial charge in [-0.25, -0.2) is 4.79 Å². The van der Waals surface area contributed by atoms with Crippen molar-refractivity contribution < 1.29 is 70.4 Å². The number of nitrogens with zero attached hydrogens (tertiary/aromatic N) is 1. The minimum Gasteiger partial charge on any atom is -0.460 e. The lowest BCUT2D eigenvalue weighted by Gasteiger charge is -2.42. The van der Waals surface area contributed by atoms with Crippen LogP contribution >= 0.6 is 7.37 Å². The number of esters is 1. The maximum Gasteiger partial charge on any atom is 0.329 e. The number of piperidine rings is 1. The highest BCUT2D eigenvalue weighted by Gasteiger charge is 2.53. The number of Topliss-reactive ketones (excluding diaryl/α,β-unsaturated/α-hetero) is 2. The Morgan fingerprint density at radius 1 is 0.942 bits per heavy atom. The van der Waals surface area contributed by atoms with Gasteiger partial charge in [0.2, 0.25) is 5.79 Å². The van der Waals surface area contributed by atoms with Crippen molar-refractivity contribution in [3.05, 3.63) is 59.8 Å². The van der Waals surface area contributed by atoms with Gasteiger partial charge in [-0.1, -0.05) is 77.6 Å². The summed E-state index contributed by atoms with van der Waals surface area (Å²) >= 11 is 0. The quantitative estimate of drug-likeness (QED) is 0.102. The van der Waals surface area contributed by atoms with Gasteiger partial charge in [0.15, 0.2) is 7.37 Å². The van der Waals surface area contributed by atoms with Gasteiger partial charge < -0.3 is 43.3 Å². The van der Waals surface area contributed by atoms with E-state index in [1.807, 2.05) is 51.2 Å². The first-order chi connectivity index (χ1) is 34.9. The zero-order chi connectivity index (χ0) is 56.4. The Balaban J connectivity index is 1.77. The molecule has 4 rings (SSSR count). The van der Waals surface area contributed by atoms with Crippen LogP contribution in [0.15, 0.2) is 59.8 Å². The molecule has 0 spiro atoms. The van der Waals surface area contributed by atoms with Crippen molar-refractivity contribution in [2.24, 2.45) is 35.5 Å². The summed E-state index contributed by atoms with van der Waals surface area (Å²) in [6.07, 6.45) is 8.19. The highest BCUT2D eigenvalue weighted by Crippen LogP contribution is 2.45. The van der Waals surface area contributed by atoms with Crippen LogP contribution in [-0.4, -0.2) is 134 Å². The fraction of sp³-hybridized carbons (Fsp3) is 0.741. The van der Waals surface area contributed by atoms with Crippen LogP contribution in [-0.2, 0) is 52.0 Å². The fourth-order valence-electron chi connectivity index (χ4n) is 10.4. The zero-order valence-electron chi connectivity index (χ0n) is 48.7. The molecule has 3 heterocycles. The van der Waals surface area contributed by atoms with Crippen molar-refractivity contribution in [2.45, 2.75) is 180 Å². The third-order valence-corrected chi connectivity index (χ3v) is 15.5. The third kappa shape index (κ3) is 16.2. The van der Waals surface area contributed by atoms with Crippen LogP contribution in [0.2, 0.25) is 0 Å². The normalized spacial score (nSPS) is 41.4. The van der Waals surface area contributed by atoms with E-state index in [1.165, 1.54) is 27.2 Å². The van der Waals surface area contributed by atoms with Crippen LogP contribution in [0.3, 0.4) is 0 Å². The number of hydrogen-bond acceptors (Lipinski definition) is 13. The van der Waals surface area contributed by atoms with Crippen molar-refractivity contribution in [2.75, 3.05) is 41.1 Å². The first-order valence-corrected chi connectivity index (χ1v) is 26.9. The number of ketones is 2. The zero-order valence-corrected chi connectivity index (χ0v) is 43.6. The number of allylic oxidation sites excluding steroid dienone is 6. The van der Waals surface area contributed by atoms with E-state index in [2.05, 4.69) is 6.58 Å². The molecule has 1 unspecified atom stereocenters. The molecule has 1 amide bonds. The molecule has 16 atom stereocenters. The molecule has 3 fully saturated rings. The van der Waals surface area contributed by atoms with E-state index < -0.39 is 123 Å². The topological polar surface area (TPSA) is 184 Å². The summed E-state index contributed by atoms with van der Waals surface area (Å²) in [6.45, 7) is 10.4. The van der Waals surface area contributed by atoms with E-state index >= 15 is 0 Å². The largest absolute Gasteiger partial charge is 0.460 e. The molecule has 1 aliphatic carbocycles. The van der Waals surface area contributed by atoms with Crippen LogP contribution in [0.25, 0.3) is 0 Å². The molecule has 0 radical (unpaired) electrons. The van der Waals surface area contributed by atoms with Gasteiger partial charge in [-0.15, -0.1) is 0 Å². The van der Waals surface area contributed by atoms with E-state index in [4.69, 9.17) is 36.4 Å². The van der Waals surface area contributed by atoms with Crippen molar-refractivity contribution in [3.8, 4) is 0 Å². The number of rotatable bonds is 8. The monoisotopic (exact) mass is 994 g/mol. The Morgan fingerprint density at radius 2 is 1.68 bits per heavy atom. The number of methoxy groups -OCH3 is 3. The van der Waals surface area contributed by atoms with Gasteiger partial charge in [0, 0.05) is 74.0 Å². The molecule has 2 N–H and O–H groups in total. The van der Waals surface area contributed by atoms with E-state index in [0.29, 0.717) is 56.9 Å².